The van der Waals surface area contributed by atoms with Crippen LogP contribution in [0, 0.1) is 0 Å². The molecule has 0 atom stereocenters. The molecule has 1 fully saturated rings. The number of hydrogen-bond acceptors (Lipinski definition) is 5. The smallest absolute Gasteiger partial charge is 0.261 e. The molecule has 0 aromatic heterocycles. The second-order valence-corrected chi connectivity index (χ2v) is 8.06. The lowest BCUT2D eigenvalue weighted by Crippen LogP contribution is -2.41. The molecule has 0 bridgehead atoms. The molecule has 1 saturated heterocycles. The van der Waals surface area contributed by atoms with Gasteiger partial charge in [-0.25, -0.2) is 8.42 Å². The number of hydrogen-bond donors (Lipinski definition) is 1. The van der Waals surface area contributed by atoms with Crippen LogP contribution in [0.15, 0.2) is 53.4 Å². The van der Waals surface area contributed by atoms with Gasteiger partial charge in [0.05, 0.1) is 31.1 Å². The Bertz CT molecular complexity index is 889. The Kier molecular flexibility index (Phi) is 6.53. The van der Waals surface area contributed by atoms with Crippen molar-refractivity contribution in [2.75, 3.05) is 37.6 Å². The second kappa shape index (κ2) is 9.07. The minimum absolute atomic E-state index is 0.0472. The predicted molar refractivity (Wildman–Crippen MR) is 106 cm³/mol. The van der Waals surface area contributed by atoms with Crippen LogP contribution in [-0.4, -0.2) is 52.1 Å². The van der Waals surface area contributed by atoms with Crippen LogP contribution in [-0.2, 0) is 26.0 Å². The lowest BCUT2D eigenvalue weighted by molar-refractivity contribution is -0.134. The van der Waals surface area contributed by atoms with E-state index in [-0.39, 0.29) is 17.2 Å². The van der Waals surface area contributed by atoms with E-state index >= 15 is 0 Å². The SMILES string of the molecule is CCOc1ccc(S(=O)(=O)Nc2ccc(CC(=O)N3CCOCC3)cc2)cc1. The number of amides is 1. The topological polar surface area (TPSA) is 84.9 Å². The van der Waals surface area contributed by atoms with E-state index in [2.05, 4.69) is 4.72 Å². The van der Waals surface area contributed by atoms with Crippen LogP contribution in [0.2, 0.25) is 0 Å². The molecule has 28 heavy (non-hydrogen) atoms. The molecule has 1 aliphatic heterocycles. The van der Waals surface area contributed by atoms with Gasteiger partial charge in [0.25, 0.3) is 10.0 Å². The zero-order chi connectivity index (χ0) is 20.0. The van der Waals surface area contributed by atoms with Crippen molar-refractivity contribution in [3.8, 4) is 5.75 Å². The van der Waals surface area contributed by atoms with E-state index in [1.54, 1.807) is 41.3 Å². The van der Waals surface area contributed by atoms with Crippen molar-refractivity contribution in [1.29, 1.82) is 0 Å². The van der Waals surface area contributed by atoms with Gasteiger partial charge in [-0.05, 0) is 48.9 Å². The molecule has 8 heteroatoms. The highest BCUT2D eigenvalue weighted by Gasteiger charge is 2.17. The molecule has 1 amide bonds. The minimum Gasteiger partial charge on any atom is -0.494 e. The number of nitrogens with zero attached hydrogens (tertiary/aromatic N) is 1. The molecule has 1 aliphatic rings. The van der Waals surface area contributed by atoms with E-state index in [4.69, 9.17) is 9.47 Å². The lowest BCUT2D eigenvalue weighted by atomic mass is 10.1. The van der Waals surface area contributed by atoms with Gasteiger partial charge < -0.3 is 14.4 Å². The monoisotopic (exact) mass is 404 g/mol. The van der Waals surface area contributed by atoms with Crippen LogP contribution < -0.4 is 9.46 Å². The molecule has 150 valence electrons. The Morgan fingerprint density at radius 2 is 1.71 bits per heavy atom. The summed E-state index contributed by atoms with van der Waals surface area (Å²) in [6.45, 7) is 4.74. The average Bonchev–Trinajstić information content (AvgIpc) is 2.70. The number of ether oxygens (including phenoxy) is 2. The van der Waals surface area contributed by atoms with Crippen molar-refractivity contribution < 1.29 is 22.7 Å². The molecule has 0 unspecified atom stereocenters. The van der Waals surface area contributed by atoms with E-state index in [1.165, 1.54) is 12.1 Å². The van der Waals surface area contributed by atoms with Crippen LogP contribution in [0.5, 0.6) is 5.75 Å². The van der Waals surface area contributed by atoms with Gasteiger partial charge in [-0.2, -0.15) is 0 Å². The maximum absolute atomic E-state index is 12.5. The Morgan fingerprint density at radius 1 is 1.07 bits per heavy atom. The van der Waals surface area contributed by atoms with E-state index < -0.39 is 10.0 Å². The third-order valence-corrected chi connectivity index (χ3v) is 5.77. The third kappa shape index (κ3) is 5.24. The van der Waals surface area contributed by atoms with Gasteiger partial charge in [0.2, 0.25) is 5.91 Å². The van der Waals surface area contributed by atoms with Gasteiger partial charge in [0, 0.05) is 18.8 Å². The Labute approximate surface area is 165 Å². The van der Waals surface area contributed by atoms with Gasteiger partial charge in [-0.1, -0.05) is 12.1 Å². The third-order valence-electron chi connectivity index (χ3n) is 4.37. The zero-order valence-electron chi connectivity index (χ0n) is 15.8. The van der Waals surface area contributed by atoms with E-state index in [0.717, 1.165) is 5.56 Å². The minimum atomic E-state index is -3.69. The van der Waals surface area contributed by atoms with Crippen LogP contribution >= 0.6 is 0 Å². The van der Waals surface area contributed by atoms with Crippen LogP contribution in [0.4, 0.5) is 5.69 Å². The summed E-state index contributed by atoms with van der Waals surface area (Å²) in [4.78, 5) is 14.2. The number of rotatable bonds is 7. The number of carbonyl (C=O) groups is 1. The lowest BCUT2D eigenvalue weighted by Gasteiger charge is -2.26. The molecule has 1 heterocycles. The number of nitrogens with one attached hydrogen (secondary N) is 1. The highest BCUT2D eigenvalue weighted by molar-refractivity contribution is 7.92. The summed E-state index contributed by atoms with van der Waals surface area (Å²) in [6, 6.07) is 13.1. The van der Waals surface area contributed by atoms with Crippen molar-refractivity contribution in [2.24, 2.45) is 0 Å². The van der Waals surface area contributed by atoms with Crippen LogP contribution in [0.3, 0.4) is 0 Å². The average molecular weight is 404 g/mol. The van der Waals surface area contributed by atoms with Gasteiger partial charge in [-0.3, -0.25) is 9.52 Å². The van der Waals surface area contributed by atoms with Crippen molar-refractivity contribution in [3.05, 3.63) is 54.1 Å². The van der Waals surface area contributed by atoms with Gasteiger partial charge >= 0.3 is 0 Å². The Morgan fingerprint density at radius 3 is 2.32 bits per heavy atom. The van der Waals surface area contributed by atoms with E-state index in [0.29, 0.717) is 44.3 Å². The quantitative estimate of drug-likeness (QED) is 0.765. The molecule has 0 saturated carbocycles. The van der Waals surface area contributed by atoms with Crippen LogP contribution in [0.25, 0.3) is 0 Å². The summed E-state index contributed by atoms with van der Waals surface area (Å²) in [5, 5.41) is 0. The fourth-order valence-corrected chi connectivity index (χ4v) is 3.94. The predicted octanol–water partition coefficient (Wildman–Crippen LogP) is 2.29. The summed E-state index contributed by atoms with van der Waals surface area (Å²) < 4.78 is 38.2. The zero-order valence-corrected chi connectivity index (χ0v) is 16.6. The fraction of sp³-hybridized carbons (Fsp3) is 0.350. The summed E-state index contributed by atoms with van der Waals surface area (Å²) in [5.74, 6) is 0.668. The van der Waals surface area contributed by atoms with Gasteiger partial charge in [0.15, 0.2) is 0 Å². The van der Waals surface area contributed by atoms with Crippen molar-refractivity contribution >= 4 is 21.6 Å². The number of benzene rings is 2. The first-order valence-electron chi connectivity index (χ1n) is 9.18. The molecule has 0 aliphatic carbocycles. The Hall–Kier alpha value is -2.58. The second-order valence-electron chi connectivity index (χ2n) is 6.38. The molecule has 2 aromatic carbocycles. The normalized spacial score (nSPS) is 14.5. The van der Waals surface area contributed by atoms with E-state index in [1.807, 2.05) is 6.92 Å². The number of anilines is 1. The van der Waals surface area contributed by atoms with E-state index in [9.17, 15) is 13.2 Å². The molecule has 0 radical (unpaired) electrons. The first kappa shape index (κ1) is 20.2. The largest absolute Gasteiger partial charge is 0.494 e. The first-order chi connectivity index (χ1) is 13.5. The number of sulfonamides is 1. The van der Waals surface area contributed by atoms with Crippen molar-refractivity contribution in [1.82, 2.24) is 4.90 Å². The summed E-state index contributed by atoms with van der Waals surface area (Å²) in [7, 11) is -3.69. The molecule has 2 aromatic rings. The van der Waals surface area contributed by atoms with Gasteiger partial charge in [0.1, 0.15) is 5.75 Å². The highest BCUT2D eigenvalue weighted by Crippen LogP contribution is 2.20. The molecule has 7 nitrogen and oxygen atoms in total. The summed E-state index contributed by atoms with van der Waals surface area (Å²) >= 11 is 0. The molecule has 1 N–H and O–H groups in total. The number of carbonyl (C=O) groups excluding carboxylic acids is 1. The number of morpholine rings is 1. The standard InChI is InChI=1S/C20H24N2O5S/c1-2-27-18-7-9-19(10-8-18)28(24,25)21-17-5-3-16(4-6-17)15-20(23)22-11-13-26-14-12-22/h3-10,21H,2,11-15H2,1H3. The highest BCUT2D eigenvalue weighted by atomic mass is 32.2. The summed E-state index contributed by atoms with van der Waals surface area (Å²) in [5.41, 5.74) is 1.27. The van der Waals surface area contributed by atoms with Crippen molar-refractivity contribution in [3.63, 3.8) is 0 Å². The first-order valence-corrected chi connectivity index (χ1v) is 10.7. The molecular weight excluding hydrogens is 380 g/mol. The molecular formula is C20H24N2O5S. The maximum atomic E-state index is 12.5. The van der Waals surface area contributed by atoms with Crippen LogP contribution in [0.1, 0.15) is 12.5 Å². The summed E-state index contributed by atoms with van der Waals surface area (Å²) in [6.07, 6.45) is 0.284. The molecule has 0 spiro atoms. The maximum Gasteiger partial charge on any atom is 0.261 e. The molecule has 3 rings (SSSR count). The van der Waals surface area contributed by atoms with Crippen molar-refractivity contribution in [2.45, 2.75) is 18.2 Å². The Balaban J connectivity index is 1.62. The fourth-order valence-electron chi connectivity index (χ4n) is 2.89. The van der Waals surface area contributed by atoms with Gasteiger partial charge in [-0.15, -0.1) is 0 Å².